The van der Waals surface area contributed by atoms with E-state index < -0.39 is 6.04 Å². The molecular weight excluding hydrogens is 548 g/mol. The third-order valence-electron chi connectivity index (χ3n) is 7.88. The van der Waals surface area contributed by atoms with Crippen molar-refractivity contribution in [3.63, 3.8) is 0 Å². The van der Waals surface area contributed by atoms with E-state index in [-0.39, 0.29) is 11.5 Å². The number of rotatable bonds is 6. The van der Waals surface area contributed by atoms with Crippen molar-refractivity contribution in [3.8, 4) is 5.75 Å². The summed E-state index contributed by atoms with van der Waals surface area (Å²) in [4.78, 5) is 35.4. The van der Waals surface area contributed by atoms with Gasteiger partial charge in [-0.1, -0.05) is 41.2 Å². The number of aryl methyl sites for hydroxylation is 2. The largest absolute Gasteiger partial charge is 0.497 e. The van der Waals surface area contributed by atoms with E-state index in [1.807, 2.05) is 75.4 Å². The number of piperidine rings is 1. The second-order valence-corrected chi connectivity index (χ2v) is 11.9. The van der Waals surface area contributed by atoms with E-state index in [1.54, 1.807) is 17.8 Å². The summed E-state index contributed by atoms with van der Waals surface area (Å²) >= 11 is 1.30. The highest BCUT2D eigenvalue weighted by Crippen LogP contribution is 2.32. The van der Waals surface area contributed by atoms with Gasteiger partial charge in [0.05, 0.1) is 29.0 Å². The Kier molecular flexibility index (Phi) is 7.60. The zero-order valence-corrected chi connectivity index (χ0v) is 25.1. The van der Waals surface area contributed by atoms with Crippen LogP contribution in [0, 0.1) is 13.8 Å². The summed E-state index contributed by atoms with van der Waals surface area (Å²) in [6.07, 6.45) is 5.32. The maximum absolute atomic E-state index is 14.0. The molecule has 0 radical (unpaired) electrons. The first-order valence-electron chi connectivity index (χ1n) is 14.2. The first kappa shape index (κ1) is 27.8. The highest BCUT2D eigenvalue weighted by atomic mass is 32.1. The third-order valence-corrected chi connectivity index (χ3v) is 8.86. The zero-order chi connectivity index (χ0) is 29.4. The maximum atomic E-state index is 14.0. The molecule has 0 aliphatic carbocycles. The van der Waals surface area contributed by atoms with Gasteiger partial charge in [-0.3, -0.25) is 14.2 Å². The normalized spacial score (nSPS) is 17.2. The maximum Gasteiger partial charge on any atom is 0.271 e. The molecule has 4 aromatic rings. The fourth-order valence-corrected chi connectivity index (χ4v) is 6.72. The molecule has 1 amide bonds. The Morgan fingerprint density at radius 2 is 1.81 bits per heavy atom. The fraction of sp³-hybridized carbons (Fsp3) is 0.303. The number of thiazole rings is 1. The number of amides is 1. The van der Waals surface area contributed by atoms with Crippen LogP contribution in [0.5, 0.6) is 5.75 Å². The molecule has 4 heterocycles. The smallest absolute Gasteiger partial charge is 0.271 e. The molecule has 1 atom stereocenters. The standard InChI is InChI=1S/C33H34N4O4S/c1-20-8-14-26(21(2)18-20)35-31(38)29-22(3)34-33-37(30(29)23-9-11-24(40-4)12-10-23)32(39)27(42-33)19-25-13-15-28(41-25)36-16-6-5-7-17-36/h8-15,18-19,30H,5-7,16-17H2,1-4H3,(H,35,38)/b27-19+/t30-/m0/s1. The zero-order valence-electron chi connectivity index (χ0n) is 24.3. The Balaban J connectivity index is 1.43. The average molecular weight is 583 g/mol. The number of nitrogens with one attached hydrogen (secondary N) is 1. The Labute approximate surface area is 248 Å². The number of methoxy groups -OCH3 is 1. The second-order valence-electron chi connectivity index (χ2n) is 10.9. The Bertz CT molecular complexity index is 1860. The van der Waals surface area contributed by atoms with Crippen LogP contribution in [0.1, 0.15) is 54.7 Å². The minimum atomic E-state index is -0.666. The highest BCUT2D eigenvalue weighted by Gasteiger charge is 2.33. The number of aromatic nitrogens is 1. The lowest BCUT2D eigenvalue weighted by molar-refractivity contribution is -0.113. The quantitative estimate of drug-likeness (QED) is 0.343. The van der Waals surface area contributed by atoms with Crippen LogP contribution >= 0.6 is 11.3 Å². The van der Waals surface area contributed by atoms with Crippen molar-refractivity contribution in [1.82, 2.24) is 4.57 Å². The van der Waals surface area contributed by atoms with E-state index in [0.717, 1.165) is 54.2 Å². The Morgan fingerprint density at radius 1 is 1.05 bits per heavy atom. The number of allylic oxidation sites excluding steroid dienone is 1. The van der Waals surface area contributed by atoms with Gasteiger partial charge in [0.15, 0.2) is 10.7 Å². The van der Waals surface area contributed by atoms with E-state index in [0.29, 0.717) is 32.1 Å². The molecule has 0 spiro atoms. The minimum Gasteiger partial charge on any atom is -0.497 e. The number of hydrogen-bond acceptors (Lipinski definition) is 7. The van der Waals surface area contributed by atoms with Gasteiger partial charge in [0, 0.05) is 30.9 Å². The van der Waals surface area contributed by atoms with Crippen molar-refractivity contribution >= 4 is 34.9 Å². The first-order valence-corrected chi connectivity index (χ1v) is 15.0. The molecule has 1 fully saturated rings. The fourth-order valence-electron chi connectivity index (χ4n) is 5.69. The lowest BCUT2D eigenvalue weighted by atomic mass is 9.95. The van der Waals surface area contributed by atoms with Gasteiger partial charge in [0.25, 0.3) is 11.5 Å². The molecule has 2 aliphatic heterocycles. The van der Waals surface area contributed by atoms with Crippen LogP contribution in [0.2, 0.25) is 0 Å². The molecule has 2 aromatic carbocycles. The predicted octanol–water partition coefficient (Wildman–Crippen LogP) is 5.08. The molecule has 2 aromatic heterocycles. The number of furan rings is 1. The van der Waals surface area contributed by atoms with Crippen LogP contribution < -0.4 is 29.8 Å². The number of fused-ring (bicyclic) bond motifs is 1. The molecule has 0 unspecified atom stereocenters. The van der Waals surface area contributed by atoms with Crippen LogP contribution in [-0.4, -0.2) is 30.7 Å². The average Bonchev–Trinajstić information content (AvgIpc) is 3.58. The van der Waals surface area contributed by atoms with Gasteiger partial charge in [-0.05, 0) is 75.4 Å². The molecule has 2 aliphatic rings. The minimum absolute atomic E-state index is 0.222. The SMILES string of the molecule is COc1ccc([C@H]2C(C(=O)Nc3ccc(C)cc3C)=C(C)N=c3s/c(=C/c4ccc(N5CCCCC5)o4)c(=O)n32)cc1. The Morgan fingerprint density at radius 3 is 2.52 bits per heavy atom. The van der Waals surface area contributed by atoms with E-state index in [4.69, 9.17) is 14.1 Å². The lowest BCUT2D eigenvalue weighted by Gasteiger charge is -2.25. The number of anilines is 2. The van der Waals surface area contributed by atoms with E-state index >= 15 is 0 Å². The molecule has 1 saturated heterocycles. The topological polar surface area (TPSA) is 89.1 Å². The van der Waals surface area contributed by atoms with E-state index in [2.05, 4.69) is 10.2 Å². The van der Waals surface area contributed by atoms with Crippen LogP contribution in [-0.2, 0) is 4.79 Å². The third kappa shape index (κ3) is 5.32. The molecule has 0 bridgehead atoms. The van der Waals surface area contributed by atoms with Gasteiger partial charge in [0.2, 0.25) is 0 Å². The molecular formula is C33H34N4O4S. The van der Waals surface area contributed by atoms with Crippen molar-refractivity contribution in [1.29, 1.82) is 0 Å². The van der Waals surface area contributed by atoms with Crippen molar-refractivity contribution < 1.29 is 13.9 Å². The van der Waals surface area contributed by atoms with Crippen LogP contribution in [0.3, 0.4) is 0 Å². The molecule has 216 valence electrons. The summed E-state index contributed by atoms with van der Waals surface area (Å²) in [6.45, 7) is 7.75. The Hall–Kier alpha value is -4.37. The highest BCUT2D eigenvalue weighted by molar-refractivity contribution is 7.07. The van der Waals surface area contributed by atoms with Crippen LogP contribution in [0.4, 0.5) is 11.6 Å². The lowest BCUT2D eigenvalue weighted by Crippen LogP contribution is -2.40. The second kappa shape index (κ2) is 11.5. The van der Waals surface area contributed by atoms with Crippen molar-refractivity contribution in [2.24, 2.45) is 4.99 Å². The van der Waals surface area contributed by atoms with Crippen LogP contribution in [0.25, 0.3) is 6.08 Å². The van der Waals surface area contributed by atoms with Crippen molar-refractivity contribution in [3.05, 3.63) is 108 Å². The molecule has 0 saturated carbocycles. The summed E-state index contributed by atoms with van der Waals surface area (Å²) in [5.41, 5.74) is 4.35. The summed E-state index contributed by atoms with van der Waals surface area (Å²) in [5.74, 6) is 1.84. The van der Waals surface area contributed by atoms with Gasteiger partial charge in [-0.2, -0.15) is 0 Å². The van der Waals surface area contributed by atoms with Gasteiger partial charge in [0.1, 0.15) is 11.5 Å². The monoisotopic (exact) mass is 582 g/mol. The molecule has 6 rings (SSSR count). The van der Waals surface area contributed by atoms with E-state index in [9.17, 15) is 9.59 Å². The first-order chi connectivity index (χ1) is 20.3. The summed E-state index contributed by atoms with van der Waals surface area (Å²) in [6, 6.07) is 16.5. The van der Waals surface area contributed by atoms with Gasteiger partial charge >= 0.3 is 0 Å². The summed E-state index contributed by atoms with van der Waals surface area (Å²) < 4.78 is 13.6. The van der Waals surface area contributed by atoms with Gasteiger partial charge in [-0.25, -0.2) is 4.99 Å². The molecule has 1 N–H and O–H groups in total. The van der Waals surface area contributed by atoms with Crippen molar-refractivity contribution in [2.45, 2.75) is 46.1 Å². The molecule has 42 heavy (non-hydrogen) atoms. The summed E-state index contributed by atoms with van der Waals surface area (Å²) in [7, 11) is 1.61. The number of carbonyl (C=O) groups is 1. The summed E-state index contributed by atoms with van der Waals surface area (Å²) in [5, 5.41) is 3.07. The number of ether oxygens (including phenoxy) is 1. The number of carbonyl (C=O) groups excluding carboxylic acids is 1. The van der Waals surface area contributed by atoms with E-state index in [1.165, 1.54) is 17.8 Å². The molecule has 8 nitrogen and oxygen atoms in total. The number of benzene rings is 2. The van der Waals surface area contributed by atoms with Crippen molar-refractivity contribution in [2.75, 3.05) is 30.4 Å². The van der Waals surface area contributed by atoms with Gasteiger partial charge < -0.3 is 19.4 Å². The molecule has 9 heteroatoms. The number of hydrogen-bond donors (Lipinski definition) is 1. The number of nitrogens with zero attached hydrogens (tertiary/aromatic N) is 3. The predicted molar refractivity (Wildman–Crippen MR) is 166 cm³/mol. The van der Waals surface area contributed by atoms with Gasteiger partial charge in [-0.15, -0.1) is 0 Å². The van der Waals surface area contributed by atoms with Crippen LogP contribution in [0.15, 0.2) is 80.1 Å².